The molecule has 3 nitrogen and oxygen atoms in total. The van der Waals surface area contributed by atoms with Crippen LogP contribution in [0, 0.1) is 5.41 Å². The quantitative estimate of drug-likeness (QED) is 0.792. The number of aliphatic hydroxyl groups excluding tert-OH is 1. The lowest BCUT2D eigenvalue weighted by Gasteiger charge is -2.22. The molecule has 0 aliphatic rings. The van der Waals surface area contributed by atoms with Gasteiger partial charge in [-0.15, -0.1) is 0 Å². The van der Waals surface area contributed by atoms with Crippen LogP contribution in [0.25, 0.3) is 0 Å². The summed E-state index contributed by atoms with van der Waals surface area (Å²) < 4.78 is 5.36. The Hall–Kier alpha value is -1.13. The molecule has 0 bridgehead atoms. The normalized spacial score (nSPS) is 10.9. The fraction of sp³-hybridized carbons (Fsp3) is 0.417. The second-order valence-corrected chi connectivity index (χ2v) is 4.76. The Morgan fingerprint density at radius 1 is 1.38 bits per heavy atom. The molecule has 0 aromatic heterocycles. The van der Waals surface area contributed by atoms with Crippen LogP contribution in [-0.2, 0) is 4.74 Å². The molecule has 0 heterocycles. The zero-order valence-electron chi connectivity index (χ0n) is 9.56. The maximum atomic E-state index is 9.05. The molecule has 88 valence electrons. The summed E-state index contributed by atoms with van der Waals surface area (Å²) in [7, 11) is 0. The molecule has 1 aromatic carbocycles. The summed E-state index contributed by atoms with van der Waals surface area (Å²) >= 11 is 5.04. The second kappa shape index (κ2) is 5.82. The topological polar surface area (TPSA) is 41.5 Å². The molecule has 0 aliphatic heterocycles. The van der Waals surface area contributed by atoms with Gasteiger partial charge < -0.3 is 15.2 Å². The first-order valence-electron chi connectivity index (χ1n) is 5.13. The highest BCUT2D eigenvalue weighted by Gasteiger charge is 2.17. The minimum absolute atomic E-state index is 0.0704. The van der Waals surface area contributed by atoms with Crippen molar-refractivity contribution >= 4 is 23.1 Å². The average Bonchev–Trinajstić information content (AvgIpc) is 2.28. The lowest BCUT2D eigenvalue weighted by Crippen LogP contribution is -2.27. The fourth-order valence-corrected chi connectivity index (χ4v) is 1.16. The van der Waals surface area contributed by atoms with Crippen molar-refractivity contribution in [2.75, 3.05) is 18.5 Å². The van der Waals surface area contributed by atoms with E-state index in [1.807, 2.05) is 44.2 Å². The predicted molar refractivity (Wildman–Crippen MR) is 69.5 cm³/mol. The molecule has 0 fully saturated rings. The molecule has 4 heteroatoms. The Labute approximate surface area is 101 Å². The van der Waals surface area contributed by atoms with Gasteiger partial charge in [-0.2, -0.15) is 0 Å². The third-order valence-electron chi connectivity index (χ3n) is 2.04. The minimum atomic E-state index is -0.275. The van der Waals surface area contributed by atoms with E-state index in [1.165, 1.54) is 0 Å². The smallest absolute Gasteiger partial charge is 0.261 e. The number of rotatable bonds is 4. The highest BCUT2D eigenvalue weighted by Crippen LogP contribution is 2.14. The molecule has 2 N–H and O–H groups in total. The van der Waals surface area contributed by atoms with Gasteiger partial charge in [0, 0.05) is 11.1 Å². The van der Waals surface area contributed by atoms with Crippen molar-refractivity contribution in [3.63, 3.8) is 0 Å². The molecule has 1 rings (SSSR count). The summed E-state index contributed by atoms with van der Waals surface area (Å²) in [6.45, 7) is 4.29. The van der Waals surface area contributed by atoms with Gasteiger partial charge in [-0.1, -0.05) is 32.0 Å². The number of anilines is 1. The van der Waals surface area contributed by atoms with Crippen molar-refractivity contribution in [3.05, 3.63) is 30.3 Å². The van der Waals surface area contributed by atoms with Crippen molar-refractivity contribution in [1.29, 1.82) is 0 Å². The van der Waals surface area contributed by atoms with Gasteiger partial charge in [0.25, 0.3) is 5.17 Å². The molecule has 0 unspecified atom stereocenters. The number of hydrogen-bond acceptors (Lipinski definition) is 3. The highest BCUT2D eigenvalue weighted by atomic mass is 32.1. The molecular formula is C12H17NO2S. The van der Waals surface area contributed by atoms with Crippen LogP contribution < -0.4 is 5.32 Å². The van der Waals surface area contributed by atoms with Gasteiger partial charge >= 0.3 is 0 Å². The number of benzene rings is 1. The summed E-state index contributed by atoms with van der Waals surface area (Å²) in [5.74, 6) is 0. The van der Waals surface area contributed by atoms with Crippen LogP contribution in [0.5, 0.6) is 0 Å². The second-order valence-electron chi connectivity index (χ2n) is 4.39. The van der Waals surface area contributed by atoms with Crippen LogP contribution in [0.4, 0.5) is 5.69 Å². The number of nitrogens with one attached hydrogen (secondary N) is 1. The molecule has 0 radical (unpaired) electrons. The molecular weight excluding hydrogens is 222 g/mol. The zero-order chi connectivity index (χ0) is 12.0. The Bertz CT molecular complexity index is 338. The van der Waals surface area contributed by atoms with E-state index in [9.17, 15) is 0 Å². The summed E-state index contributed by atoms with van der Waals surface area (Å²) in [5, 5.41) is 12.3. The number of para-hydroxylation sites is 1. The minimum Gasteiger partial charge on any atom is -0.470 e. The van der Waals surface area contributed by atoms with E-state index in [0.717, 1.165) is 5.69 Å². The van der Waals surface area contributed by atoms with E-state index in [1.54, 1.807) is 0 Å². The van der Waals surface area contributed by atoms with Crippen LogP contribution in [0.1, 0.15) is 13.8 Å². The zero-order valence-corrected chi connectivity index (χ0v) is 10.4. The van der Waals surface area contributed by atoms with Crippen LogP contribution in [0.2, 0.25) is 0 Å². The molecule has 0 aliphatic carbocycles. The van der Waals surface area contributed by atoms with E-state index < -0.39 is 0 Å². The standard InChI is InChI=1S/C12H17NO2S/c1-12(2,8-14)9-15-11(16)13-10-6-4-3-5-7-10/h3-7,14H,8-9H2,1-2H3,(H,13,16). The third-order valence-corrected chi connectivity index (χ3v) is 2.26. The number of hydrogen-bond donors (Lipinski definition) is 2. The molecule has 16 heavy (non-hydrogen) atoms. The van der Waals surface area contributed by atoms with E-state index in [4.69, 9.17) is 22.1 Å². The summed E-state index contributed by atoms with van der Waals surface area (Å²) in [4.78, 5) is 0. The van der Waals surface area contributed by atoms with E-state index >= 15 is 0 Å². The summed E-state index contributed by atoms with van der Waals surface area (Å²) in [5.41, 5.74) is 0.622. The molecule has 1 aromatic rings. The summed E-state index contributed by atoms with van der Waals surface area (Å²) in [6, 6.07) is 9.59. The van der Waals surface area contributed by atoms with E-state index in [-0.39, 0.29) is 12.0 Å². The van der Waals surface area contributed by atoms with Crippen molar-refractivity contribution in [2.24, 2.45) is 5.41 Å². The molecule has 0 spiro atoms. The van der Waals surface area contributed by atoms with Gasteiger partial charge in [0.1, 0.15) is 0 Å². The predicted octanol–water partition coefficient (Wildman–Crippen LogP) is 2.42. The first-order chi connectivity index (χ1) is 7.53. The lowest BCUT2D eigenvalue weighted by atomic mass is 9.97. The average molecular weight is 239 g/mol. The van der Waals surface area contributed by atoms with Crippen molar-refractivity contribution in [1.82, 2.24) is 0 Å². The molecule has 0 atom stereocenters. The lowest BCUT2D eigenvalue weighted by molar-refractivity contribution is 0.0938. The Balaban J connectivity index is 2.38. The van der Waals surface area contributed by atoms with Crippen LogP contribution in [-0.4, -0.2) is 23.5 Å². The SMILES string of the molecule is CC(C)(CO)COC(=S)Nc1ccccc1. The Kier molecular flexibility index (Phi) is 4.71. The maximum absolute atomic E-state index is 9.05. The Morgan fingerprint density at radius 2 is 2.00 bits per heavy atom. The number of aliphatic hydroxyl groups is 1. The van der Waals surface area contributed by atoms with Gasteiger partial charge in [0.15, 0.2) is 0 Å². The van der Waals surface area contributed by atoms with Crippen LogP contribution >= 0.6 is 12.2 Å². The molecule has 0 saturated heterocycles. The largest absolute Gasteiger partial charge is 0.470 e. The first-order valence-corrected chi connectivity index (χ1v) is 5.54. The van der Waals surface area contributed by atoms with Gasteiger partial charge in [0.05, 0.1) is 13.2 Å². The van der Waals surface area contributed by atoms with Gasteiger partial charge in [0.2, 0.25) is 0 Å². The summed E-state index contributed by atoms with van der Waals surface area (Å²) in [6.07, 6.45) is 0. The monoisotopic (exact) mass is 239 g/mol. The van der Waals surface area contributed by atoms with Crippen LogP contribution in [0.15, 0.2) is 30.3 Å². The van der Waals surface area contributed by atoms with Crippen molar-refractivity contribution < 1.29 is 9.84 Å². The van der Waals surface area contributed by atoms with Gasteiger partial charge in [-0.05, 0) is 24.4 Å². The van der Waals surface area contributed by atoms with E-state index in [0.29, 0.717) is 11.8 Å². The third kappa shape index (κ3) is 4.59. The van der Waals surface area contributed by atoms with Gasteiger partial charge in [-0.25, -0.2) is 0 Å². The maximum Gasteiger partial charge on any atom is 0.261 e. The van der Waals surface area contributed by atoms with Crippen molar-refractivity contribution in [3.8, 4) is 0 Å². The number of thiocarbonyl (C=S) groups is 1. The van der Waals surface area contributed by atoms with E-state index in [2.05, 4.69) is 5.32 Å². The fourth-order valence-electron chi connectivity index (χ4n) is 0.982. The van der Waals surface area contributed by atoms with Gasteiger partial charge in [-0.3, -0.25) is 0 Å². The van der Waals surface area contributed by atoms with Crippen molar-refractivity contribution in [2.45, 2.75) is 13.8 Å². The number of ether oxygens (including phenoxy) is 1. The first kappa shape index (κ1) is 12.9. The Morgan fingerprint density at radius 3 is 2.56 bits per heavy atom. The van der Waals surface area contributed by atoms with Crippen LogP contribution in [0.3, 0.4) is 0 Å². The molecule has 0 amide bonds. The highest BCUT2D eigenvalue weighted by molar-refractivity contribution is 7.80. The molecule has 0 saturated carbocycles.